The van der Waals surface area contributed by atoms with Crippen LogP contribution in [0.25, 0.3) is 0 Å². The molecule has 0 spiro atoms. The topological polar surface area (TPSA) is 34.2 Å². The lowest BCUT2D eigenvalue weighted by Crippen LogP contribution is -2.16. The van der Waals surface area contributed by atoms with E-state index in [0.717, 1.165) is 18.0 Å². The number of aromatic nitrogens is 1. The molecular weight excluding hydrogens is 208 g/mol. The molecule has 0 aliphatic heterocycles. The van der Waals surface area contributed by atoms with Crippen LogP contribution in [0.15, 0.2) is 6.20 Å². The van der Waals surface area contributed by atoms with E-state index in [9.17, 15) is 0 Å². The summed E-state index contributed by atoms with van der Waals surface area (Å²) in [6, 6.07) is 0.385. The minimum absolute atomic E-state index is 0.151. The van der Waals surface area contributed by atoms with E-state index in [0.29, 0.717) is 6.04 Å². The minimum atomic E-state index is 0.151. The maximum atomic E-state index is 5.37. The third-order valence-corrected chi connectivity index (χ3v) is 3.68. The lowest BCUT2D eigenvalue weighted by molar-refractivity contribution is 0.0998. The van der Waals surface area contributed by atoms with Crippen LogP contribution in [0.3, 0.4) is 0 Å². The fourth-order valence-corrected chi connectivity index (χ4v) is 2.61. The lowest BCUT2D eigenvalue weighted by Gasteiger charge is -2.10. The van der Waals surface area contributed by atoms with Crippen LogP contribution < -0.4 is 5.32 Å². The quantitative estimate of drug-likeness (QED) is 0.813. The second-order valence-corrected chi connectivity index (χ2v) is 4.61. The number of hydrogen-bond acceptors (Lipinski definition) is 4. The number of methoxy groups -OCH3 is 1. The molecule has 0 aliphatic carbocycles. The summed E-state index contributed by atoms with van der Waals surface area (Å²) in [7, 11) is 1.74. The Morgan fingerprint density at radius 1 is 1.53 bits per heavy atom. The van der Waals surface area contributed by atoms with E-state index in [-0.39, 0.29) is 6.10 Å². The van der Waals surface area contributed by atoms with Gasteiger partial charge in [0.25, 0.3) is 0 Å². The molecule has 1 heterocycles. The molecule has 0 aliphatic rings. The summed E-state index contributed by atoms with van der Waals surface area (Å²) in [5, 5.41) is 4.46. The number of rotatable bonds is 6. The number of thiazole rings is 1. The van der Waals surface area contributed by atoms with E-state index < -0.39 is 0 Å². The van der Waals surface area contributed by atoms with E-state index in [2.05, 4.69) is 31.1 Å². The first-order chi connectivity index (χ1) is 7.22. The fraction of sp³-hybridized carbons (Fsp3) is 0.727. The van der Waals surface area contributed by atoms with Crippen molar-refractivity contribution in [2.45, 2.75) is 39.3 Å². The van der Waals surface area contributed by atoms with Gasteiger partial charge in [-0.3, -0.25) is 0 Å². The van der Waals surface area contributed by atoms with Gasteiger partial charge in [0.2, 0.25) is 0 Å². The smallest absolute Gasteiger partial charge is 0.122 e. The summed E-state index contributed by atoms with van der Waals surface area (Å²) in [5.41, 5.74) is 0. The van der Waals surface area contributed by atoms with Crippen LogP contribution >= 0.6 is 11.3 Å². The normalized spacial score (nSPS) is 15.2. The molecule has 0 saturated heterocycles. The summed E-state index contributed by atoms with van der Waals surface area (Å²) in [4.78, 5) is 5.69. The maximum absolute atomic E-state index is 5.37. The van der Waals surface area contributed by atoms with Crippen LogP contribution in [0.2, 0.25) is 0 Å². The second-order valence-electron chi connectivity index (χ2n) is 3.51. The zero-order valence-electron chi connectivity index (χ0n) is 9.91. The molecule has 4 heteroatoms. The number of hydrogen-bond donors (Lipinski definition) is 1. The average Bonchev–Trinajstić information content (AvgIpc) is 2.69. The van der Waals surface area contributed by atoms with Crippen molar-refractivity contribution in [2.24, 2.45) is 0 Å². The average molecular weight is 228 g/mol. The van der Waals surface area contributed by atoms with Crippen molar-refractivity contribution < 1.29 is 4.74 Å². The van der Waals surface area contributed by atoms with Crippen LogP contribution in [0.1, 0.15) is 49.2 Å². The predicted octanol–water partition coefficient (Wildman–Crippen LogP) is 2.91. The van der Waals surface area contributed by atoms with Crippen molar-refractivity contribution in [3.63, 3.8) is 0 Å². The highest BCUT2D eigenvalue weighted by Gasteiger charge is 2.14. The molecule has 1 aromatic rings. The Balaban J connectivity index is 2.70. The Bertz CT molecular complexity index is 284. The molecule has 0 saturated carbocycles. The van der Waals surface area contributed by atoms with Crippen molar-refractivity contribution in [1.29, 1.82) is 0 Å². The van der Waals surface area contributed by atoms with Gasteiger partial charge in [0.15, 0.2) is 0 Å². The molecule has 2 atom stereocenters. The number of nitrogens with one attached hydrogen (secondary N) is 1. The highest BCUT2D eigenvalue weighted by Crippen LogP contribution is 2.28. The summed E-state index contributed by atoms with van der Waals surface area (Å²) >= 11 is 1.74. The molecule has 0 aromatic carbocycles. The van der Waals surface area contributed by atoms with Gasteiger partial charge in [0.05, 0.1) is 0 Å². The first kappa shape index (κ1) is 12.6. The Morgan fingerprint density at radius 2 is 2.27 bits per heavy atom. The molecule has 3 nitrogen and oxygen atoms in total. The molecule has 1 rings (SSSR count). The molecule has 0 fully saturated rings. The van der Waals surface area contributed by atoms with Crippen LogP contribution in [-0.2, 0) is 4.74 Å². The van der Waals surface area contributed by atoms with Crippen molar-refractivity contribution in [3.05, 3.63) is 16.1 Å². The predicted molar refractivity (Wildman–Crippen MR) is 64.2 cm³/mol. The summed E-state index contributed by atoms with van der Waals surface area (Å²) in [5.74, 6) is 0. The molecule has 0 amide bonds. The highest BCUT2D eigenvalue weighted by atomic mass is 32.1. The van der Waals surface area contributed by atoms with Gasteiger partial charge in [0.1, 0.15) is 11.1 Å². The number of nitrogens with zero attached hydrogens (tertiary/aromatic N) is 1. The Hall–Kier alpha value is -0.450. The Labute approximate surface area is 95.9 Å². The molecular formula is C11H20N2OS. The van der Waals surface area contributed by atoms with E-state index in [1.807, 2.05) is 6.20 Å². The largest absolute Gasteiger partial charge is 0.374 e. The van der Waals surface area contributed by atoms with E-state index >= 15 is 0 Å². The van der Waals surface area contributed by atoms with Gasteiger partial charge in [-0.25, -0.2) is 4.98 Å². The third-order valence-electron chi connectivity index (χ3n) is 2.41. The first-order valence-electron chi connectivity index (χ1n) is 5.44. The maximum Gasteiger partial charge on any atom is 0.122 e. The molecule has 0 radical (unpaired) electrons. The van der Waals surface area contributed by atoms with Crippen molar-refractivity contribution >= 4 is 11.3 Å². The van der Waals surface area contributed by atoms with E-state index in [4.69, 9.17) is 4.74 Å². The van der Waals surface area contributed by atoms with Gasteiger partial charge >= 0.3 is 0 Å². The van der Waals surface area contributed by atoms with Gasteiger partial charge in [-0.2, -0.15) is 0 Å². The number of ether oxygens (including phenoxy) is 1. The summed E-state index contributed by atoms with van der Waals surface area (Å²) in [6.45, 7) is 7.37. The minimum Gasteiger partial charge on any atom is -0.374 e. The molecule has 0 bridgehead atoms. The van der Waals surface area contributed by atoms with Crippen LogP contribution in [0.5, 0.6) is 0 Å². The van der Waals surface area contributed by atoms with Crippen molar-refractivity contribution in [2.75, 3.05) is 13.7 Å². The summed E-state index contributed by atoms with van der Waals surface area (Å²) < 4.78 is 5.37. The Morgan fingerprint density at radius 3 is 2.80 bits per heavy atom. The summed E-state index contributed by atoms with van der Waals surface area (Å²) in [6.07, 6.45) is 3.08. The lowest BCUT2D eigenvalue weighted by atomic mass is 10.3. The van der Waals surface area contributed by atoms with Crippen LogP contribution in [0.4, 0.5) is 0 Å². The van der Waals surface area contributed by atoms with E-state index in [1.54, 1.807) is 18.4 Å². The van der Waals surface area contributed by atoms with Gasteiger partial charge in [-0.1, -0.05) is 13.8 Å². The molecule has 86 valence electrons. The zero-order chi connectivity index (χ0) is 11.3. The zero-order valence-corrected chi connectivity index (χ0v) is 10.7. The Kier molecular flexibility index (Phi) is 5.22. The molecule has 15 heavy (non-hydrogen) atoms. The van der Waals surface area contributed by atoms with Gasteiger partial charge < -0.3 is 10.1 Å². The van der Waals surface area contributed by atoms with Crippen molar-refractivity contribution in [1.82, 2.24) is 10.3 Å². The standard InChI is InChI=1S/C11H20N2OS/c1-5-9(14-4)11-13-7-10(15-11)8(3)12-6-2/h7-9,12H,5-6H2,1-4H3. The van der Waals surface area contributed by atoms with Gasteiger partial charge in [0, 0.05) is 24.2 Å². The highest BCUT2D eigenvalue weighted by molar-refractivity contribution is 7.11. The molecule has 1 aromatic heterocycles. The van der Waals surface area contributed by atoms with Crippen LogP contribution in [-0.4, -0.2) is 18.6 Å². The molecule has 2 unspecified atom stereocenters. The molecule has 1 N–H and O–H groups in total. The SMILES string of the molecule is CCNC(C)c1cnc(C(CC)OC)s1. The van der Waals surface area contributed by atoms with Crippen LogP contribution in [0, 0.1) is 0 Å². The van der Waals surface area contributed by atoms with E-state index in [1.165, 1.54) is 4.88 Å². The monoisotopic (exact) mass is 228 g/mol. The fourth-order valence-electron chi connectivity index (χ4n) is 1.50. The first-order valence-corrected chi connectivity index (χ1v) is 6.26. The third kappa shape index (κ3) is 3.26. The van der Waals surface area contributed by atoms with Gasteiger partial charge in [-0.15, -0.1) is 11.3 Å². The van der Waals surface area contributed by atoms with Crippen molar-refractivity contribution in [3.8, 4) is 0 Å². The van der Waals surface area contributed by atoms with Gasteiger partial charge in [-0.05, 0) is 19.9 Å². The second kappa shape index (κ2) is 6.20.